The van der Waals surface area contributed by atoms with Gasteiger partial charge in [0.2, 0.25) is 18.5 Å². The first-order valence-electron chi connectivity index (χ1n) is 7.45. The molecule has 2 aromatic carbocycles. The van der Waals surface area contributed by atoms with Crippen molar-refractivity contribution < 1.29 is 18.8 Å². The lowest BCUT2D eigenvalue weighted by molar-refractivity contribution is 0.0946. The molecule has 0 radical (unpaired) electrons. The Morgan fingerprint density at radius 2 is 1.92 bits per heavy atom. The molecule has 126 valence electrons. The summed E-state index contributed by atoms with van der Waals surface area (Å²) in [6, 6.07) is 12.5. The molecule has 0 saturated carbocycles. The van der Waals surface area contributed by atoms with Crippen LogP contribution in [0.3, 0.4) is 0 Å². The Labute approximate surface area is 151 Å². The van der Waals surface area contributed by atoms with Crippen LogP contribution in [0.5, 0.6) is 11.5 Å². The molecule has 0 unspecified atom stereocenters. The summed E-state index contributed by atoms with van der Waals surface area (Å²) in [5, 5.41) is 6.68. The highest BCUT2D eigenvalue weighted by molar-refractivity contribution is 9.10. The molecule has 0 fully saturated rings. The van der Waals surface area contributed by atoms with E-state index in [1.54, 1.807) is 36.4 Å². The fraction of sp³-hybridized carbons (Fsp3) is 0.118. The number of carbonyl (C=O) groups excluding carboxylic acids is 1. The molecule has 2 heterocycles. The molecule has 8 heteroatoms. The van der Waals surface area contributed by atoms with Gasteiger partial charge in [-0.15, -0.1) is 0 Å². The van der Waals surface area contributed by atoms with Crippen LogP contribution in [0.15, 0.2) is 51.5 Å². The zero-order valence-corrected chi connectivity index (χ0v) is 14.4. The van der Waals surface area contributed by atoms with E-state index in [1.165, 1.54) is 0 Å². The number of carbonyl (C=O) groups is 1. The zero-order valence-electron chi connectivity index (χ0n) is 12.9. The molecule has 3 aromatic rings. The Morgan fingerprint density at radius 3 is 2.76 bits per heavy atom. The Bertz CT molecular complexity index is 924. The molecule has 1 amide bonds. The molecule has 7 nitrogen and oxygen atoms in total. The minimum Gasteiger partial charge on any atom is -0.454 e. The summed E-state index contributed by atoms with van der Waals surface area (Å²) in [5.74, 6) is 1.86. The van der Waals surface area contributed by atoms with Crippen LogP contribution in [0.25, 0.3) is 11.4 Å². The van der Waals surface area contributed by atoms with E-state index < -0.39 is 0 Å². The number of nitrogens with one attached hydrogen (secondary N) is 1. The first kappa shape index (κ1) is 15.6. The molecule has 25 heavy (non-hydrogen) atoms. The Morgan fingerprint density at radius 1 is 1.12 bits per heavy atom. The van der Waals surface area contributed by atoms with E-state index in [0.717, 1.165) is 10.0 Å². The van der Waals surface area contributed by atoms with Gasteiger partial charge in [0.1, 0.15) is 0 Å². The Hall–Kier alpha value is -2.87. The molecule has 1 aliphatic heterocycles. The molecule has 1 aliphatic rings. The SMILES string of the molecule is O=C(NCc1nc(-c2ccc3c(c2)OCO3)no1)c1ccc(Br)cc1. The molecule has 0 saturated heterocycles. The Kier molecular flexibility index (Phi) is 4.10. The van der Waals surface area contributed by atoms with Gasteiger partial charge in [0.25, 0.3) is 5.91 Å². The third kappa shape index (κ3) is 3.34. The zero-order chi connectivity index (χ0) is 17.2. The minimum absolute atomic E-state index is 0.145. The van der Waals surface area contributed by atoms with Crippen molar-refractivity contribution >= 4 is 21.8 Å². The van der Waals surface area contributed by atoms with E-state index in [9.17, 15) is 4.79 Å². The summed E-state index contributed by atoms with van der Waals surface area (Å²) in [5.41, 5.74) is 1.30. The van der Waals surface area contributed by atoms with Crippen LogP contribution in [0.1, 0.15) is 16.2 Å². The number of nitrogens with zero attached hydrogens (tertiary/aromatic N) is 2. The highest BCUT2D eigenvalue weighted by Crippen LogP contribution is 2.35. The van der Waals surface area contributed by atoms with Gasteiger partial charge in [-0.25, -0.2) is 0 Å². The van der Waals surface area contributed by atoms with Gasteiger partial charge >= 0.3 is 0 Å². The summed E-state index contributed by atoms with van der Waals surface area (Å²) in [4.78, 5) is 16.4. The monoisotopic (exact) mass is 401 g/mol. The number of fused-ring (bicyclic) bond motifs is 1. The number of halogens is 1. The normalized spacial score (nSPS) is 12.2. The van der Waals surface area contributed by atoms with E-state index in [1.807, 2.05) is 6.07 Å². The van der Waals surface area contributed by atoms with Gasteiger partial charge in [0, 0.05) is 15.6 Å². The van der Waals surface area contributed by atoms with Crippen molar-refractivity contribution in [3.63, 3.8) is 0 Å². The van der Waals surface area contributed by atoms with E-state index in [-0.39, 0.29) is 19.2 Å². The van der Waals surface area contributed by atoms with Gasteiger partial charge in [-0.1, -0.05) is 21.1 Å². The number of rotatable bonds is 4. The average molecular weight is 402 g/mol. The van der Waals surface area contributed by atoms with Gasteiger partial charge in [-0.05, 0) is 42.5 Å². The van der Waals surface area contributed by atoms with Crippen molar-refractivity contribution in [2.24, 2.45) is 0 Å². The highest BCUT2D eigenvalue weighted by Gasteiger charge is 2.17. The summed E-state index contributed by atoms with van der Waals surface area (Å²) in [7, 11) is 0. The average Bonchev–Trinajstić information content (AvgIpc) is 3.28. The number of hydrogen-bond donors (Lipinski definition) is 1. The summed E-state index contributed by atoms with van der Waals surface area (Å²) < 4.78 is 16.7. The molecular weight excluding hydrogens is 390 g/mol. The predicted molar refractivity (Wildman–Crippen MR) is 91.2 cm³/mol. The number of hydrogen-bond acceptors (Lipinski definition) is 6. The van der Waals surface area contributed by atoms with E-state index in [0.29, 0.717) is 28.8 Å². The van der Waals surface area contributed by atoms with E-state index in [2.05, 4.69) is 31.4 Å². The van der Waals surface area contributed by atoms with Gasteiger partial charge < -0.3 is 19.3 Å². The van der Waals surface area contributed by atoms with Crippen molar-refractivity contribution in [2.45, 2.75) is 6.54 Å². The van der Waals surface area contributed by atoms with Crippen molar-refractivity contribution in [1.82, 2.24) is 15.5 Å². The van der Waals surface area contributed by atoms with Gasteiger partial charge in [-0.2, -0.15) is 4.98 Å². The summed E-state index contributed by atoms with van der Waals surface area (Å²) in [6.45, 7) is 0.352. The quantitative estimate of drug-likeness (QED) is 0.722. The molecule has 0 aliphatic carbocycles. The molecular formula is C17H12BrN3O4. The summed E-state index contributed by atoms with van der Waals surface area (Å²) >= 11 is 3.33. The number of ether oxygens (including phenoxy) is 2. The first-order valence-corrected chi connectivity index (χ1v) is 8.25. The largest absolute Gasteiger partial charge is 0.454 e. The fourth-order valence-electron chi connectivity index (χ4n) is 2.34. The highest BCUT2D eigenvalue weighted by atomic mass is 79.9. The molecule has 0 spiro atoms. The van der Waals surface area contributed by atoms with Crippen LogP contribution in [0, 0.1) is 0 Å². The third-order valence-corrected chi connectivity index (χ3v) is 4.13. The van der Waals surface area contributed by atoms with Gasteiger partial charge in [0.15, 0.2) is 11.5 Å². The third-order valence-electron chi connectivity index (χ3n) is 3.61. The van der Waals surface area contributed by atoms with E-state index >= 15 is 0 Å². The second kappa shape index (κ2) is 6.56. The maximum Gasteiger partial charge on any atom is 0.251 e. The van der Waals surface area contributed by atoms with E-state index in [4.69, 9.17) is 14.0 Å². The fourth-order valence-corrected chi connectivity index (χ4v) is 2.60. The smallest absolute Gasteiger partial charge is 0.251 e. The minimum atomic E-state index is -0.213. The standard InChI is InChI=1S/C17H12BrN3O4/c18-12-4-1-10(2-5-12)17(22)19-8-15-20-16(21-25-15)11-3-6-13-14(7-11)24-9-23-13/h1-7H,8-9H2,(H,19,22). The molecule has 4 rings (SSSR count). The summed E-state index contributed by atoms with van der Waals surface area (Å²) in [6.07, 6.45) is 0. The van der Waals surface area contributed by atoms with Crippen LogP contribution < -0.4 is 14.8 Å². The van der Waals surface area contributed by atoms with Gasteiger partial charge in [-0.3, -0.25) is 4.79 Å². The lowest BCUT2D eigenvalue weighted by Crippen LogP contribution is -2.22. The van der Waals surface area contributed by atoms with Crippen LogP contribution >= 0.6 is 15.9 Å². The van der Waals surface area contributed by atoms with Crippen LogP contribution in [-0.2, 0) is 6.54 Å². The number of amides is 1. The van der Waals surface area contributed by atoms with Crippen LogP contribution in [0.4, 0.5) is 0 Å². The first-order chi connectivity index (χ1) is 12.2. The van der Waals surface area contributed by atoms with Crippen LogP contribution in [-0.4, -0.2) is 22.8 Å². The number of aromatic nitrogens is 2. The maximum atomic E-state index is 12.1. The van der Waals surface area contributed by atoms with Crippen LogP contribution in [0.2, 0.25) is 0 Å². The molecule has 0 bridgehead atoms. The lowest BCUT2D eigenvalue weighted by atomic mass is 10.2. The molecule has 1 N–H and O–H groups in total. The Balaban J connectivity index is 1.43. The predicted octanol–water partition coefficient (Wildman–Crippen LogP) is 3.16. The van der Waals surface area contributed by atoms with Crippen molar-refractivity contribution in [2.75, 3.05) is 6.79 Å². The molecule has 1 aromatic heterocycles. The number of benzene rings is 2. The molecule has 0 atom stereocenters. The van der Waals surface area contributed by atoms with Crippen molar-refractivity contribution in [3.8, 4) is 22.9 Å². The second-order valence-electron chi connectivity index (χ2n) is 5.27. The van der Waals surface area contributed by atoms with Crippen molar-refractivity contribution in [3.05, 3.63) is 58.4 Å². The second-order valence-corrected chi connectivity index (χ2v) is 6.19. The lowest BCUT2D eigenvalue weighted by Gasteiger charge is -2.02. The maximum absolute atomic E-state index is 12.1. The topological polar surface area (TPSA) is 86.5 Å². The van der Waals surface area contributed by atoms with Gasteiger partial charge in [0.05, 0.1) is 6.54 Å². The van der Waals surface area contributed by atoms with Crippen molar-refractivity contribution in [1.29, 1.82) is 0 Å².